The lowest BCUT2D eigenvalue weighted by atomic mass is 10.1. The maximum Gasteiger partial charge on any atom is 0.168 e. The van der Waals surface area contributed by atoms with E-state index in [9.17, 15) is 0 Å². The molecule has 2 aliphatic rings. The predicted molar refractivity (Wildman–Crippen MR) is 79.8 cm³/mol. The highest BCUT2D eigenvalue weighted by Crippen LogP contribution is 2.37. The number of rotatable bonds is 2. The van der Waals surface area contributed by atoms with Gasteiger partial charge in [0.1, 0.15) is 0 Å². The van der Waals surface area contributed by atoms with Crippen molar-refractivity contribution in [2.45, 2.75) is 11.8 Å². The van der Waals surface area contributed by atoms with Crippen LogP contribution in [0.2, 0.25) is 0 Å². The number of allylic oxidation sites excluding steroid dienone is 2. The Labute approximate surface area is 116 Å². The monoisotopic (exact) mass is 275 g/mol. The summed E-state index contributed by atoms with van der Waals surface area (Å²) in [5.74, 6) is 0. The minimum atomic E-state index is 0.540. The normalized spacial score (nSPS) is 18.1. The van der Waals surface area contributed by atoms with E-state index in [2.05, 4.69) is 29.4 Å². The van der Waals surface area contributed by atoms with Gasteiger partial charge in [0.15, 0.2) is 5.17 Å². The van der Waals surface area contributed by atoms with Crippen LogP contribution in [-0.4, -0.2) is 28.9 Å². The van der Waals surface area contributed by atoms with Crippen LogP contribution in [-0.2, 0) is 0 Å². The van der Waals surface area contributed by atoms with Gasteiger partial charge in [-0.15, -0.1) is 12.6 Å². The molecule has 1 aromatic rings. The first kappa shape index (κ1) is 11.9. The Morgan fingerprint density at radius 2 is 2.22 bits per heavy atom. The van der Waals surface area contributed by atoms with Crippen LogP contribution in [0.3, 0.4) is 0 Å². The molecule has 0 amide bonds. The van der Waals surface area contributed by atoms with Crippen molar-refractivity contribution in [2.24, 2.45) is 4.99 Å². The van der Waals surface area contributed by atoms with E-state index in [1.54, 1.807) is 11.8 Å². The average Bonchev–Trinajstić information content (AvgIpc) is 2.88. The fourth-order valence-corrected chi connectivity index (χ4v) is 3.52. The van der Waals surface area contributed by atoms with Gasteiger partial charge in [0.2, 0.25) is 0 Å². The Kier molecular flexibility index (Phi) is 2.95. The quantitative estimate of drug-likeness (QED) is 0.643. The molecule has 1 aromatic carbocycles. The number of nitrogens with zero attached hydrogens (tertiary/aromatic N) is 2. The number of aliphatic imine (C=N–C) groups is 1. The molecule has 0 bridgehead atoms. The second-order valence-electron chi connectivity index (χ2n) is 4.21. The molecule has 2 heterocycles. The van der Waals surface area contributed by atoms with E-state index in [4.69, 9.17) is 5.41 Å². The largest absolute Gasteiger partial charge is 0.316 e. The average molecular weight is 275 g/mol. The van der Waals surface area contributed by atoms with Crippen molar-refractivity contribution in [3.8, 4) is 0 Å². The number of hydrogen-bond acceptors (Lipinski definition) is 5. The molecule has 0 atom stereocenters. The van der Waals surface area contributed by atoms with Crippen LogP contribution in [0.4, 0.5) is 0 Å². The number of hydrogen-bond donors (Lipinski definition) is 2. The number of amidine groups is 1. The molecule has 5 heteroatoms. The summed E-state index contributed by atoms with van der Waals surface area (Å²) in [4.78, 5) is 8.58. The van der Waals surface area contributed by atoms with Crippen LogP contribution in [0, 0.1) is 5.41 Å². The summed E-state index contributed by atoms with van der Waals surface area (Å²) in [6.07, 6.45) is 0. The third kappa shape index (κ3) is 1.78. The molecule has 0 unspecified atom stereocenters. The Morgan fingerprint density at radius 1 is 1.44 bits per heavy atom. The lowest BCUT2D eigenvalue weighted by Crippen LogP contribution is -2.26. The van der Waals surface area contributed by atoms with Crippen molar-refractivity contribution in [3.63, 3.8) is 0 Å². The smallest absolute Gasteiger partial charge is 0.168 e. The van der Waals surface area contributed by atoms with Crippen LogP contribution in [0.15, 0.2) is 44.8 Å². The molecule has 18 heavy (non-hydrogen) atoms. The first-order valence-corrected chi connectivity index (χ1v) is 7.03. The van der Waals surface area contributed by atoms with Crippen molar-refractivity contribution in [1.82, 2.24) is 4.90 Å². The Morgan fingerprint density at radius 3 is 3.00 bits per heavy atom. The summed E-state index contributed by atoms with van der Waals surface area (Å²) in [7, 11) is 0. The first-order valence-electron chi connectivity index (χ1n) is 5.76. The fraction of sp³-hybridized carbons (Fsp3) is 0.231. The van der Waals surface area contributed by atoms with Crippen LogP contribution < -0.4 is 0 Å². The van der Waals surface area contributed by atoms with E-state index in [1.807, 2.05) is 24.3 Å². The van der Waals surface area contributed by atoms with Crippen molar-refractivity contribution in [1.29, 1.82) is 5.41 Å². The van der Waals surface area contributed by atoms with E-state index in [-0.39, 0.29) is 0 Å². The van der Waals surface area contributed by atoms with Crippen molar-refractivity contribution >= 4 is 35.3 Å². The molecule has 0 aliphatic carbocycles. The van der Waals surface area contributed by atoms with Crippen molar-refractivity contribution in [3.05, 3.63) is 40.4 Å². The van der Waals surface area contributed by atoms with Crippen molar-refractivity contribution < 1.29 is 0 Å². The highest BCUT2D eigenvalue weighted by atomic mass is 32.2. The standard InChI is InChI=1S/C13H13N3S2/c1-8-12(16-7-6-15-13(16)18-8)11(14)9-4-2-3-5-10(9)17/h2-5,14,17H,6-7H2,1H3. The molecule has 0 fully saturated rings. The van der Waals surface area contributed by atoms with Gasteiger partial charge in [-0.2, -0.15) is 0 Å². The van der Waals surface area contributed by atoms with Crippen LogP contribution in [0.1, 0.15) is 12.5 Å². The molecule has 0 spiro atoms. The molecule has 2 aliphatic heterocycles. The van der Waals surface area contributed by atoms with Crippen LogP contribution >= 0.6 is 24.4 Å². The van der Waals surface area contributed by atoms with E-state index < -0.39 is 0 Å². The van der Waals surface area contributed by atoms with Crippen molar-refractivity contribution in [2.75, 3.05) is 13.1 Å². The van der Waals surface area contributed by atoms with Gasteiger partial charge in [-0.05, 0) is 13.0 Å². The SMILES string of the molecule is CC1=C(C(=N)c2ccccc2S)N2CCN=C2S1. The van der Waals surface area contributed by atoms with Gasteiger partial charge in [-0.3, -0.25) is 10.4 Å². The second-order valence-corrected chi connectivity index (χ2v) is 5.88. The highest BCUT2D eigenvalue weighted by molar-refractivity contribution is 8.17. The summed E-state index contributed by atoms with van der Waals surface area (Å²) in [5, 5.41) is 9.46. The third-order valence-electron chi connectivity index (χ3n) is 3.06. The molecule has 3 rings (SSSR count). The van der Waals surface area contributed by atoms with Crippen LogP contribution in [0.25, 0.3) is 0 Å². The molecular weight excluding hydrogens is 262 g/mol. The van der Waals surface area contributed by atoms with Gasteiger partial charge in [0.25, 0.3) is 0 Å². The minimum absolute atomic E-state index is 0.540. The van der Waals surface area contributed by atoms with Gasteiger partial charge in [-0.25, -0.2) is 0 Å². The molecule has 92 valence electrons. The van der Waals surface area contributed by atoms with Gasteiger partial charge in [0.05, 0.1) is 18.0 Å². The summed E-state index contributed by atoms with van der Waals surface area (Å²) < 4.78 is 0. The Balaban J connectivity index is 2.01. The summed E-state index contributed by atoms with van der Waals surface area (Å²) >= 11 is 6.10. The Hall–Kier alpha value is -1.20. The molecular formula is C13H13N3S2. The zero-order valence-electron chi connectivity index (χ0n) is 9.97. The molecule has 0 saturated carbocycles. The molecule has 0 radical (unpaired) electrons. The first-order chi connectivity index (χ1) is 8.68. The summed E-state index contributed by atoms with van der Waals surface area (Å²) in [6, 6.07) is 7.75. The predicted octanol–water partition coefficient (Wildman–Crippen LogP) is 2.99. The minimum Gasteiger partial charge on any atom is -0.316 e. The molecule has 0 aromatic heterocycles. The third-order valence-corrected chi connectivity index (χ3v) is 4.48. The lowest BCUT2D eigenvalue weighted by Gasteiger charge is -2.18. The summed E-state index contributed by atoms with van der Waals surface area (Å²) in [6.45, 7) is 3.76. The van der Waals surface area contributed by atoms with Gasteiger partial charge >= 0.3 is 0 Å². The molecule has 1 N–H and O–H groups in total. The Bertz CT molecular complexity index is 590. The number of fused-ring (bicyclic) bond motifs is 1. The van der Waals surface area contributed by atoms with Gasteiger partial charge in [-0.1, -0.05) is 30.0 Å². The van der Waals surface area contributed by atoms with E-state index in [1.165, 1.54) is 0 Å². The maximum absolute atomic E-state index is 8.43. The maximum atomic E-state index is 8.43. The zero-order valence-corrected chi connectivity index (χ0v) is 11.7. The van der Waals surface area contributed by atoms with E-state index in [0.717, 1.165) is 39.3 Å². The number of thioether (sulfide) groups is 1. The molecule has 3 nitrogen and oxygen atoms in total. The number of thiol groups is 1. The molecule has 0 saturated heterocycles. The number of benzene rings is 1. The van der Waals surface area contributed by atoms with Gasteiger partial charge in [0, 0.05) is 21.9 Å². The lowest BCUT2D eigenvalue weighted by molar-refractivity contribution is 0.597. The second kappa shape index (κ2) is 4.48. The topological polar surface area (TPSA) is 39.5 Å². The van der Waals surface area contributed by atoms with Gasteiger partial charge < -0.3 is 4.90 Å². The van der Waals surface area contributed by atoms with E-state index >= 15 is 0 Å². The van der Waals surface area contributed by atoms with E-state index in [0.29, 0.717) is 5.71 Å². The zero-order chi connectivity index (χ0) is 12.7. The number of nitrogens with one attached hydrogen (secondary N) is 1. The van der Waals surface area contributed by atoms with Crippen LogP contribution in [0.5, 0.6) is 0 Å². The summed E-state index contributed by atoms with van der Waals surface area (Å²) in [5.41, 5.74) is 2.40. The highest BCUT2D eigenvalue weighted by Gasteiger charge is 2.32. The fourth-order valence-electron chi connectivity index (χ4n) is 2.22.